The number of carbonyl (C=O) groups excluding carboxylic acids is 2. The molecule has 3 atom stereocenters. The van der Waals surface area contributed by atoms with Gasteiger partial charge in [-0.25, -0.2) is 0 Å². The number of hydrogen-bond donors (Lipinski definition) is 3. The third-order valence-electron chi connectivity index (χ3n) is 6.40. The number of piperidine rings is 1. The van der Waals surface area contributed by atoms with Crippen molar-refractivity contribution in [3.8, 4) is 0 Å². The van der Waals surface area contributed by atoms with E-state index < -0.39 is 34.8 Å². The third kappa shape index (κ3) is 5.59. The van der Waals surface area contributed by atoms with Gasteiger partial charge in [0.15, 0.2) is 0 Å². The van der Waals surface area contributed by atoms with E-state index in [1.807, 2.05) is 30.3 Å². The zero-order chi connectivity index (χ0) is 25.1. The third-order valence-corrected chi connectivity index (χ3v) is 6.40. The number of hydrogen-bond acceptors (Lipinski definition) is 4. The van der Waals surface area contributed by atoms with Gasteiger partial charge in [0, 0.05) is 13.5 Å². The average molecular weight is 478 g/mol. The van der Waals surface area contributed by atoms with Gasteiger partial charge in [-0.1, -0.05) is 42.0 Å². The fourth-order valence-corrected chi connectivity index (χ4v) is 4.42. The van der Waals surface area contributed by atoms with Crippen molar-refractivity contribution in [2.24, 2.45) is 5.73 Å². The Hall–Kier alpha value is -2.91. The van der Waals surface area contributed by atoms with Gasteiger partial charge in [0.2, 0.25) is 11.8 Å². The van der Waals surface area contributed by atoms with Crippen molar-refractivity contribution in [1.82, 2.24) is 10.6 Å². The number of amides is 2. The molecule has 1 aliphatic heterocycles. The highest BCUT2D eigenvalue weighted by molar-refractivity contribution is 5.90. The maximum absolute atomic E-state index is 13.3. The highest BCUT2D eigenvalue weighted by atomic mass is 19.4. The van der Waals surface area contributed by atoms with Crippen molar-refractivity contribution in [3.63, 3.8) is 0 Å². The smallest absolute Gasteiger partial charge is 0.372 e. The van der Waals surface area contributed by atoms with Crippen LogP contribution >= 0.6 is 0 Å². The number of halogens is 3. The van der Waals surface area contributed by atoms with Crippen LogP contribution in [-0.2, 0) is 26.0 Å². The minimum atomic E-state index is -4.45. The summed E-state index contributed by atoms with van der Waals surface area (Å²) in [5.74, 6) is -0.997. The predicted molar refractivity (Wildman–Crippen MR) is 122 cm³/mol. The second kappa shape index (κ2) is 9.76. The monoisotopic (exact) mass is 477 g/mol. The largest absolute Gasteiger partial charge is 0.416 e. The number of rotatable bonds is 7. The molecule has 0 unspecified atom stereocenters. The molecule has 1 fully saturated rings. The first-order valence-corrected chi connectivity index (χ1v) is 11.1. The van der Waals surface area contributed by atoms with E-state index in [0.29, 0.717) is 17.5 Å². The first kappa shape index (κ1) is 25.7. The van der Waals surface area contributed by atoms with Crippen LogP contribution in [0.1, 0.15) is 55.0 Å². The number of ether oxygens (including phenoxy) is 1. The Bertz CT molecular complexity index is 1030. The molecule has 0 aliphatic carbocycles. The van der Waals surface area contributed by atoms with Gasteiger partial charge in [-0.2, -0.15) is 13.2 Å². The maximum atomic E-state index is 13.3. The fourth-order valence-electron chi connectivity index (χ4n) is 4.42. The standard InChI is InChI=1S/C25H30F3N3O3/c1-16-11-19(13-21(12-16)25(26,27)28)17(2)34-15-24(20-7-5-4-6-8-20)10-9-23(14-30-24,22(29)33)31-18(3)32/h4-8,11-13,17,30H,9-10,14-15H2,1-3H3,(H2,29,33)(H,31,32)/t17-,23+,24-/m1/s1. The van der Waals surface area contributed by atoms with E-state index in [-0.39, 0.29) is 25.5 Å². The van der Waals surface area contributed by atoms with Gasteiger partial charge in [-0.05, 0) is 49.9 Å². The van der Waals surface area contributed by atoms with Gasteiger partial charge in [0.1, 0.15) is 5.54 Å². The molecule has 0 saturated carbocycles. The second-order valence-electron chi connectivity index (χ2n) is 9.01. The van der Waals surface area contributed by atoms with Crippen molar-refractivity contribution >= 4 is 11.8 Å². The minimum Gasteiger partial charge on any atom is -0.372 e. The number of nitrogens with one attached hydrogen (secondary N) is 2. The molecule has 2 aromatic rings. The van der Waals surface area contributed by atoms with Crippen LogP contribution in [0.5, 0.6) is 0 Å². The van der Waals surface area contributed by atoms with Gasteiger partial charge in [0.05, 0.1) is 23.8 Å². The summed E-state index contributed by atoms with van der Waals surface area (Å²) in [5.41, 5.74) is 4.79. The van der Waals surface area contributed by atoms with Crippen LogP contribution in [0.25, 0.3) is 0 Å². The molecule has 184 valence electrons. The minimum absolute atomic E-state index is 0.0945. The Morgan fingerprint density at radius 2 is 1.85 bits per heavy atom. The molecule has 0 bridgehead atoms. The van der Waals surface area contributed by atoms with Crippen LogP contribution in [-0.4, -0.2) is 30.5 Å². The topological polar surface area (TPSA) is 93.5 Å². The van der Waals surface area contributed by atoms with Crippen LogP contribution in [0.4, 0.5) is 13.2 Å². The summed E-state index contributed by atoms with van der Waals surface area (Å²) in [7, 11) is 0. The molecule has 9 heteroatoms. The molecule has 2 amide bonds. The SMILES string of the molecule is CC(=O)N[C@@]1(C(N)=O)CC[C@@](CO[C@H](C)c2cc(C)cc(C(F)(F)F)c2)(c2ccccc2)NC1. The Labute approximate surface area is 197 Å². The predicted octanol–water partition coefficient (Wildman–Crippen LogP) is 3.73. The Morgan fingerprint density at radius 3 is 2.38 bits per heavy atom. The average Bonchev–Trinajstić information content (AvgIpc) is 2.77. The summed E-state index contributed by atoms with van der Waals surface area (Å²) in [4.78, 5) is 23.9. The number of carbonyl (C=O) groups is 2. The zero-order valence-electron chi connectivity index (χ0n) is 19.5. The van der Waals surface area contributed by atoms with Crippen LogP contribution in [0.3, 0.4) is 0 Å². The summed E-state index contributed by atoms with van der Waals surface area (Å²) < 4.78 is 46.0. The van der Waals surface area contributed by atoms with Crippen LogP contribution in [0.15, 0.2) is 48.5 Å². The summed E-state index contributed by atoms with van der Waals surface area (Å²) >= 11 is 0. The molecule has 4 N–H and O–H groups in total. The number of alkyl halides is 3. The molecule has 2 aromatic carbocycles. The summed E-state index contributed by atoms with van der Waals surface area (Å²) in [5, 5.41) is 6.04. The molecule has 1 saturated heterocycles. The van der Waals surface area contributed by atoms with E-state index in [4.69, 9.17) is 10.5 Å². The lowest BCUT2D eigenvalue weighted by molar-refractivity contribution is -0.137. The molecule has 34 heavy (non-hydrogen) atoms. The molecule has 3 rings (SSSR count). The zero-order valence-corrected chi connectivity index (χ0v) is 19.5. The summed E-state index contributed by atoms with van der Waals surface area (Å²) in [6.45, 7) is 4.89. The van der Waals surface area contributed by atoms with Crippen molar-refractivity contribution in [3.05, 3.63) is 70.8 Å². The second-order valence-corrected chi connectivity index (χ2v) is 9.01. The maximum Gasteiger partial charge on any atom is 0.416 e. The first-order valence-electron chi connectivity index (χ1n) is 11.1. The van der Waals surface area contributed by atoms with Crippen molar-refractivity contribution < 1.29 is 27.5 Å². The molecular formula is C25H30F3N3O3. The lowest BCUT2D eigenvalue weighted by Crippen LogP contribution is -2.69. The number of benzene rings is 2. The van der Waals surface area contributed by atoms with E-state index in [0.717, 1.165) is 17.7 Å². The van der Waals surface area contributed by atoms with Gasteiger partial charge in [-0.3, -0.25) is 9.59 Å². The normalized spacial score (nSPS) is 23.8. The van der Waals surface area contributed by atoms with Gasteiger partial charge >= 0.3 is 6.18 Å². The van der Waals surface area contributed by atoms with Crippen LogP contribution in [0.2, 0.25) is 0 Å². The van der Waals surface area contributed by atoms with Crippen LogP contribution in [0, 0.1) is 6.92 Å². The van der Waals surface area contributed by atoms with E-state index in [1.54, 1.807) is 19.9 Å². The number of nitrogens with two attached hydrogens (primary N) is 1. The lowest BCUT2D eigenvalue weighted by Gasteiger charge is -2.46. The van der Waals surface area contributed by atoms with E-state index in [2.05, 4.69) is 10.6 Å². The lowest BCUT2D eigenvalue weighted by atomic mass is 9.76. The van der Waals surface area contributed by atoms with E-state index in [9.17, 15) is 22.8 Å². The van der Waals surface area contributed by atoms with Gasteiger partial charge in [-0.15, -0.1) is 0 Å². The number of primary amides is 1. The highest BCUT2D eigenvalue weighted by Gasteiger charge is 2.47. The highest BCUT2D eigenvalue weighted by Crippen LogP contribution is 2.37. The molecule has 0 radical (unpaired) electrons. The molecule has 1 heterocycles. The van der Waals surface area contributed by atoms with Crippen LogP contribution < -0.4 is 16.4 Å². The molecular weight excluding hydrogens is 447 g/mol. The van der Waals surface area contributed by atoms with Gasteiger partial charge in [0.25, 0.3) is 0 Å². The molecule has 0 spiro atoms. The van der Waals surface area contributed by atoms with Crippen molar-refractivity contribution in [2.45, 2.75) is 57.0 Å². The van der Waals surface area contributed by atoms with Crippen molar-refractivity contribution in [1.29, 1.82) is 0 Å². The van der Waals surface area contributed by atoms with Crippen molar-refractivity contribution in [2.75, 3.05) is 13.2 Å². The molecule has 6 nitrogen and oxygen atoms in total. The first-order chi connectivity index (χ1) is 15.9. The molecule has 0 aromatic heterocycles. The Morgan fingerprint density at radius 1 is 1.18 bits per heavy atom. The Kier molecular flexibility index (Phi) is 7.38. The fraction of sp³-hybridized carbons (Fsp3) is 0.440. The summed E-state index contributed by atoms with van der Waals surface area (Å²) in [6.07, 6.45) is -4.36. The number of aryl methyl sites for hydroxylation is 1. The quantitative estimate of drug-likeness (QED) is 0.567. The van der Waals surface area contributed by atoms with E-state index >= 15 is 0 Å². The van der Waals surface area contributed by atoms with Gasteiger partial charge < -0.3 is 21.1 Å². The van der Waals surface area contributed by atoms with E-state index in [1.165, 1.54) is 6.92 Å². The Balaban J connectivity index is 1.85. The molecule has 1 aliphatic rings. The summed E-state index contributed by atoms with van der Waals surface area (Å²) in [6, 6.07) is 13.4.